The Morgan fingerprint density at radius 2 is 1.75 bits per heavy atom. The van der Waals surface area contributed by atoms with Gasteiger partial charge in [-0.25, -0.2) is 0 Å². The quantitative estimate of drug-likeness (QED) is 0.827. The van der Waals surface area contributed by atoms with Gasteiger partial charge in [0.2, 0.25) is 11.8 Å². The standard InChI is InChI=1S/C14H21N3O2.ClH/c1-10(2)17(9-13(16)18)14(19)8-12(15)11-6-4-3-5-7-11;/h3-7,10,12H,8-9,15H2,1-2H3,(H2,16,18);1H. The molecule has 1 rings (SSSR count). The molecule has 0 radical (unpaired) electrons. The first kappa shape index (κ1) is 18.4. The Morgan fingerprint density at radius 1 is 1.20 bits per heavy atom. The summed E-state index contributed by atoms with van der Waals surface area (Å²) in [5.74, 6) is -0.680. The molecule has 6 heteroatoms. The second-order valence-corrected chi connectivity index (χ2v) is 4.80. The second kappa shape index (κ2) is 8.55. The predicted octanol–water partition coefficient (Wildman–Crippen LogP) is 1.22. The van der Waals surface area contributed by atoms with E-state index in [0.29, 0.717) is 0 Å². The fourth-order valence-electron chi connectivity index (χ4n) is 1.85. The highest BCUT2D eigenvalue weighted by atomic mass is 35.5. The summed E-state index contributed by atoms with van der Waals surface area (Å²) in [6.07, 6.45) is 0.162. The smallest absolute Gasteiger partial charge is 0.237 e. The van der Waals surface area contributed by atoms with E-state index in [0.717, 1.165) is 5.56 Å². The molecule has 2 amide bonds. The Bertz CT molecular complexity index is 437. The first-order chi connectivity index (χ1) is 8.91. The van der Waals surface area contributed by atoms with E-state index in [-0.39, 0.29) is 43.4 Å². The molecule has 0 heterocycles. The largest absolute Gasteiger partial charge is 0.368 e. The van der Waals surface area contributed by atoms with Gasteiger partial charge in [-0.05, 0) is 19.4 Å². The van der Waals surface area contributed by atoms with Crippen LogP contribution in [0.15, 0.2) is 30.3 Å². The van der Waals surface area contributed by atoms with Gasteiger partial charge in [0.15, 0.2) is 0 Å². The van der Waals surface area contributed by atoms with E-state index in [2.05, 4.69) is 0 Å². The lowest BCUT2D eigenvalue weighted by Crippen LogP contribution is -2.43. The van der Waals surface area contributed by atoms with Gasteiger partial charge in [0, 0.05) is 18.5 Å². The number of amides is 2. The van der Waals surface area contributed by atoms with Crippen LogP contribution in [-0.2, 0) is 9.59 Å². The molecule has 1 unspecified atom stereocenters. The van der Waals surface area contributed by atoms with Crippen molar-refractivity contribution in [2.45, 2.75) is 32.4 Å². The average molecular weight is 300 g/mol. The Hall–Kier alpha value is -1.59. The van der Waals surface area contributed by atoms with Gasteiger partial charge in [0.25, 0.3) is 0 Å². The van der Waals surface area contributed by atoms with E-state index in [9.17, 15) is 9.59 Å². The molecule has 0 spiro atoms. The zero-order valence-corrected chi connectivity index (χ0v) is 12.6. The molecule has 20 heavy (non-hydrogen) atoms. The summed E-state index contributed by atoms with van der Waals surface area (Å²) in [5.41, 5.74) is 12.0. The summed E-state index contributed by atoms with van der Waals surface area (Å²) in [7, 11) is 0. The van der Waals surface area contributed by atoms with Crippen molar-refractivity contribution in [1.29, 1.82) is 0 Å². The normalized spacial score (nSPS) is 11.6. The molecule has 1 aromatic carbocycles. The van der Waals surface area contributed by atoms with Gasteiger partial charge in [-0.3, -0.25) is 9.59 Å². The number of nitrogens with two attached hydrogens (primary N) is 2. The van der Waals surface area contributed by atoms with Gasteiger partial charge in [-0.1, -0.05) is 30.3 Å². The van der Waals surface area contributed by atoms with Crippen molar-refractivity contribution < 1.29 is 9.59 Å². The minimum absolute atomic E-state index is 0. The summed E-state index contributed by atoms with van der Waals surface area (Å²) in [4.78, 5) is 24.6. The highest BCUT2D eigenvalue weighted by Crippen LogP contribution is 2.15. The van der Waals surface area contributed by atoms with Gasteiger partial charge in [-0.2, -0.15) is 0 Å². The van der Waals surface area contributed by atoms with E-state index in [4.69, 9.17) is 11.5 Å². The number of rotatable bonds is 6. The van der Waals surface area contributed by atoms with Crippen LogP contribution in [0.3, 0.4) is 0 Å². The molecule has 4 N–H and O–H groups in total. The molecule has 0 aliphatic heterocycles. The lowest BCUT2D eigenvalue weighted by molar-refractivity contribution is -0.137. The minimum Gasteiger partial charge on any atom is -0.368 e. The van der Waals surface area contributed by atoms with E-state index >= 15 is 0 Å². The van der Waals surface area contributed by atoms with Gasteiger partial charge < -0.3 is 16.4 Å². The molecule has 0 aliphatic carbocycles. The van der Waals surface area contributed by atoms with Crippen molar-refractivity contribution >= 4 is 24.2 Å². The summed E-state index contributed by atoms with van der Waals surface area (Å²) in [6, 6.07) is 8.96. The van der Waals surface area contributed by atoms with E-state index in [1.807, 2.05) is 44.2 Å². The maximum Gasteiger partial charge on any atom is 0.237 e. The molecule has 0 saturated heterocycles. The molecule has 0 saturated carbocycles. The number of benzene rings is 1. The van der Waals surface area contributed by atoms with Crippen LogP contribution in [0.5, 0.6) is 0 Å². The number of carbonyl (C=O) groups excluding carboxylic acids is 2. The molecule has 1 atom stereocenters. The number of hydrogen-bond donors (Lipinski definition) is 2. The van der Waals surface area contributed by atoms with Crippen LogP contribution in [0, 0.1) is 0 Å². The lowest BCUT2D eigenvalue weighted by atomic mass is 10.0. The third kappa shape index (κ3) is 5.59. The molecule has 0 aromatic heterocycles. The molecular formula is C14H22ClN3O2. The Kier molecular flexibility index (Phi) is 7.87. The topological polar surface area (TPSA) is 89.4 Å². The van der Waals surface area contributed by atoms with Gasteiger partial charge in [0.05, 0.1) is 6.54 Å². The molecule has 112 valence electrons. The third-order valence-electron chi connectivity index (χ3n) is 2.89. The van der Waals surface area contributed by atoms with Crippen LogP contribution in [0.25, 0.3) is 0 Å². The second-order valence-electron chi connectivity index (χ2n) is 4.80. The molecule has 0 fully saturated rings. The molecule has 1 aromatic rings. The summed E-state index contributed by atoms with van der Waals surface area (Å²) in [5, 5.41) is 0. The van der Waals surface area contributed by atoms with Crippen LogP contribution in [0.2, 0.25) is 0 Å². The van der Waals surface area contributed by atoms with Crippen molar-refractivity contribution in [2.75, 3.05) is 6.54 Å². The third-order valence-corrected chi connectivity index (χ3v) is 2.89. The molecule has 5 nitrogen and oxygen atoms in total. The Labute approximate surface area is 125 Å². The molecular weight excluding hydrogens is 278 g/mol. The molecule has 0 aliphatic rings. The van der Waals surface area contributed by atoms with Crippen molar-refractivity contribution in [3.63, 3.8) is 0 Å². The van der Waals surface area contributed by atoms with Crippen LogP contribution >= 0.6 is 12.4 Å². The van der Waals surface area contributed by atoms with Crippen LogP contribution in [-0.4, -0.2) is 29.3 Å². The maximum absolute atomic E-state index is 12.1. The predicted molar refractivity (Wildman–Crippen MR) is 81.3 cm³/mol. The SMILES string of the molecule is CC(C)N(CC(N)=O)C(=O)CC(N)c1ccccc1.Cl. The van der Waals surface area contributed by atoms with Gasteiger partial charge in [-0.15, -0.1) is 12.4 Å². The summed E-state index contributed by atoms with van der Waals surface area (Å²) < 4.78 is 0. The van der Waals surface area contributed by atoms with Crippen LogP contribution in [0.1, 0.15) is 31.9 Å². The monoisotopic (exact) mass is 299 g/mol. The fraction of sp³-hybridized carbons (Fsp3) is 0.429. The van der Waals surface area contributed by atoms with E-state index in [1.165, 1.54) is 4.90 Å². The molecule has 0 bridgehead atoms. The highest BCUT2D eigenvalue weighted by Gasteiger charge is 2.21. The van der Waals surface area contributed by atoms with Gasteiger partial charge in [0.1, 0.15) is 0 Å². The first-order valence-corrected chi connectivity index (χ1v) is 6.30. The Balaban J connectivity index is 0.00000361. The van der Waals surface area contributed by atoms with Crippen molar-refractivity contribution in [3.05, 3.63) is 35.9 Å². The Morgan fingerprint density at radius 3 is 2.20 bits per heavy atom. The maximum atomic E-state index is 12.1. The van der Waals surface area contributed by atoms with E-state index < -0.39 is 5.91 Å². The number of hydrogen-bond acceptors (Lipinski definition) is 3. The van der Waals surface area contributed by atoms with Crippen LogP contribution < -0.4 is 11.5 Å². The zero-order chi connectivity index (χ0) is 14.4. The van der Waals surface area contributed by atoms with Crippen molar-refractivity contribution in [2.24, 2.45) is 11.5 Å². The van der Waals surface area contributed by atoms with Crippen molar-refractivity contribution in [1.82, 2.24) is 4.90 Å². The average Bonchev–Trinajstić information content (AvgIpc) is 2.36. The highest BCUT2D eigenvalue weighted by molar-refractivity contribution is 5.85. The zero-order valence-electron chi connectivity index (χ0n) is 11.8. The summed E-state index contributed by atoms with van der Waals surface area (Å²) in [6.45, 7) is 3.61. The minimum atomic E-state index is -0.518. The number of primary amides is 1. The lowest BCUT2D eigenvalue weighted by Gasteiger charge is -2.26. The van der Waals surface area contributed by atoms with Gasteiger partial charge >= 0.3 is 0 Å². The van der Waals surface area contributed by atoms with Crippen molar-refractivity contribution in [3.8, 4) is 0 Å². The number of halogens is 1. The number of carbonyl (C=O) groups is 2. The van der Waals surface area contributed by atoms with E-state index in [1.54, 1.807) is 0 Å². The summed E-state index contributed by atoms with van der Waals surface area (Å²) >= 11 is 0. The number of nitrogens with zero attached hydrogens (tertiary/aromatic N) is 1. The van der Waals surface area contributed by atoms with Crippen LogP contribution in [0.4, 0.5) is 0 Å². The first-order valence-electron chi connectivity index (χ1n) is 6.30. The fourth-order valence-corrected chi connectivity index (χ4v) is 1.85.